The van der Waals surface area contributed by atoms with Crippen LogP contribution in [0.15, 0.2) is 47.4 Å². The van der Waals surface area contributed by atoms with E-state index in [4.69, 9.17) is 9.84 Å². The third-order valence-corrected chi connectivity index (χ3v) is 6.40. The highest BCUT2D eigenvalue weighted by Gasteiger charge is 2.31. The van der Waals surface area contributed by atoms with E-state index in [0.717, 1.165) is 18.8 Å². The van der Waals surface area contributed by atoms with Gasteiger partial charge in [0.05, 0.1) is 6.61 Å². The zero-order chi connectivity index (χ0) is 19.7. The number of thioether (sulfide) groups is 1. The van der Waals surface area contributed by atoms with Crippen LogP contribution in [0, 0.1) is 5.92 Å². The smallest absolute Gasteiger partial charge is 0.407 e. The minimum absolute atomic E-state index is 0.289. The predicted molar refractivity (Wildman–Crippen MR) is 111 cm³/mol. The maximum Gasteiger partial charge on any atom is 0.407 e. The van der Waals surface area contributed by atoms with Crippen LogP contribution in [0.4, 0.5) is 4.79 Å². The summed E-state index contributed by atoms with van der Waals surface area (Å²) in [4.78, 5) is 15.9. The largest absolute Gasteiger partial charge is 0.493 e. The number of nitrogens with zero attached hydrogens (tertiary/aromatic N) is 2. The van der Waals surface area contributed by atoms with Gasteiger partial charge in [0.15, 0.2) is 0 Å². The molecule has 2 aliphatic heterocycles. The van der Waals surface area contributed by atoms with Gasteiger partial charge in [-0.15, -0.1) is 11.8 Å². The number of ether oxygens (including phenoxy) is 1. The van der Waals surface area contributed by atoms with E-state index in [0.29, 0.717) is 25.6 Å². The van der Waals surface area contributed by atoms with E-state index in [1.54, 1.807) is 11.8 Å². The number of benzene rings is 2. The third-order valence-electron chi connectivity index (χ3n) is 5.66. The van der Waals surface area contributed by atoms with Crippen molar-refractivity contribution in [1.29, 1.82) is 0 Å². The minimum Gasteiger partial charge on any atom is -0.493 e. The van der Waals surface area contributed by atoms with E-state index >= 15 is 0 Å². The molecule has 28 heavy (non-hydrogen) atoms. The molecule has 0 bridgehead atoms. The molecule has 1 saturated heterocycles. The fraction of sp³-hybridized carbons (Fsp3) is 0.409. The van der Waals surface area contributed by atoms with Crippen molar-refractivity contribution in [2.75, 3.05) is 39.5 Å². The number of hydrogen-bond acceptors (Lipinski definition) is 4. The van der Waals surface area contributed by atoms with Crippen LogP contribution >= 0.6 is 11.8 Å². The molecule has 0 saturated carbocycles. The number of hydrogen-bond donors (Lipinski definition) is 1. The van der Waals surface area contributed by atoms with E-state index in [1.807, 2.05) is 0 Å². The van der Waals surface area contributed by atoms with Crippen molar-refractivity contribution < 1.29 is 14.6 Å². The molecule has 2 aliphatic rings. The zero-order valence-corrected chi connectivity index (χ0v) is 17.1. The third kappa shape index (κ3) is 3.98. The molecule has 0 aliphatic carbocycles. The van der Waals surface area contributed by atoms with Crippen LogP contribution in [0.2, 0.25) is 0 Å². The zero-order valence-electron chi connectivity index (χ0n) is 16.3. The molecule has 1 amide bonds. The van der Waals surface area contributed by atoms with Crippen molar-refractivity contribution in [3.63, 3.8) is 0 Å². The lowest BCUT2D eigenvalue weighted by atomic mass is 9.85. The first-order chi connectivity index (χ1) is 13.5. The second-order valence-electron chi connectivity index (χ2n) is 7.75. The minimum atomic E-state index is -0.843. The van der Waals surface area contributed by atoms with Gasteiger partial charge in [-0.05, 0) is 54.3 Å². The lowest BCUT2D eigenvalue weighted by Crippen LogP contribution is -2.51. The molecule has 2 heterocycles. The summed E-state index contributed by atoms with van der Waals surface area (Å²) < 4.78 is 5.97. The molecule has 1 unspecified atom stereocenters. The first kappa shape index (κ1) is 19.2. The molecule has 6 heteroatoms. The molecule has 2 aromatic carbocycles. The van der Waals surface area contributed by atoms with E-state index in [1.165, 1.54) is 26.5 Å². The van der Waals surface area contributed by atoms with Gasteiger partial charge in [0.2, 0.25) is 0 Å². The van der Waals surface area contributed by atoms with Gasteiger partial charge >= 0.3 is 6.09 Å². The normalized spacial score (nSPS) is 19.8. The molecule has 0 radical (unpaired) electrons. The maximum absolute atomic E-state index is 10.9. The monoisotopic (exact) mass is 398 g/mol. The number of amides is 1. The summed E-state index contributed by atoms with van der Waals surface area (Å²) in [5, 5.41) is 8.92. The topological polar surface area (TPSA) is 53.0 Å². The van der Waals surface area contributed by atoms with Crippen LogP contribution in [0.5, 0.6) is 5.75 Å². The van der Waals surface area contributed by atoms with Gasteiger partial charge in [-0.3, -0.25) is 0 Å². The van der Waals surface area contributed by atoms with Gasteiger partial charge in [0.1, 0.15) is 5.75 Å². The second kappa shape index (κ2) is 8.05. The SMILES string of the molecule is CSc1ccc(C2CN(C)Cc3cc(OCC4CN(C(=O)O)C4)ccc32)cc1. The molecule has 0 spiro atoms. The van der Waals surface area contributed by atoms with E-state index in [9.17, 15) is 4.79 Å². The fourth-order valence-electron chi connectivity index (χ4n) is 4.08. The average Bonchev–Trinajstić information content (AvgIpc) is 2.65. The summed E-state index contributed by atoms with van der Waals surface area (Å²) in [5.74, 6) is 1.53. The number of carboxylic acid groups (broad SMARTS) is 1. The van der Waals surface area contributed by atoms with Crippen molar-refractivity contribution in [3.05, 3.63) is 59.2 Å². The predicted octanol–water partition coefficient (Wildman–Crippen LogP) is 3.97. The molecule has 4 rings (SSSR count). The van der Waals surface area contributed by atoms with Gasteiger partial charge in [-0.25, -0.2) is 4.79 Å². The van der Waals surface area contributed by atoms with Crippen LogP contribution < -0.4 is 4.74 Å². The molecular formula is C22H26N2O3S. The van der Waals surface area contributed by atoms with Crippen molar-refractivity contribution >= 4 is 17.9 Å². The molecule has 2 aromatic rings. The van der Waals surface area contributed by atoms with Gasteiger partial charge < -0.3 is 19.6 Å². The molecular weight excluding hydrogens is 372 g/mol. The molecule has 1 fully saturated rings. The first-order valence-corrected chi connectivity index (χ1v) is 10.8. The summed E-state index contributed by atoms with van der Waals surface area (Å²) in [6, 6.07) is 15.3. The Labute approximate surface area is 170 Å². The fourth-order valence-corrected chi connectivity index (χ4v) is 4.49. The summed E-state index contributed by atoms with van der Waals surface area (Å²) >= 11 is 1.77. The quantitative estimate of drug-likeness (QED) is 0.773. The molecule has 5 nitrogen and oxygen atoms in total. The molecule has 148 valence electrons. The van der Waals surface area contributed by atoms with Crippen LogP contribution in [0.3, 0.4) is 0 Å². The summed E-state index contributed by atoms with van der Waals surface area (Å²) in [5.41, 5.74) is 4.04. The highest BCUT2D eigenvalue weighted by atomic mass is 32.2. The number of carbonyl (C=O) groups is 1. The number of rotatable bonds is 5. The van der Waals surface area contributed by atoms with E-state index in [-0.39, 0.29) is 5.92 Å². The molecule has 1 N–H and O–H groups in total. The van der Waals surface area contributed by atoms with Crippen molar-refractivity contribution in [1.82, 2.24) is 9.80 Å². The Kier molecular flexibility index (Phi) is 5.51. The summed E-state index contributed by atoms with van der Waals surface area (Å²) in [7, 11) is 2.16. The Bertz CT molecular complexity index is 849. The Morgan fingerprint density at radius 1 is 1.18 bits per heavy atom. The van der Waals surface area contributed by atoms with Crippen LogP contribution in [0.25, 0.3) is 0 Å². The Balaban J connectivity index is 1.46. The summed E-state index contributed by atoms with van der Waals surface area (Å²) in [6.45, 7) is 3.63. The Morgan fingerprint density at radius 2 is 1.93 bits per heavy atom. The molecule has 1 atom stereocenters. The van der Waals surface area contributed by atoms with Gasteiger partial charge in [-0.2, -0.15) is 0 Å². The maximum atomic E-state index is 10.9. The number of fused-ring (bicyclic) bond motifs is 1. The van der Waals surface area contributed by atoms with Crippen LogP contribution in [-0.4, -0.2) is 60.5 Å². The second-order valence-corrected chi connectivity index (χ2v) is 8.63. The lowest BCUT2D eigenvalue weighted by molar-refractivity contribution is 0.0585. The van der Waals surface area contributed by atoms with Gasteiger partial charge in [0, 0.05) is 42.9 Å². The molecule has 0 aromatic heterocycles. The average molecular weight is 399 g/mol. The van der Waals surface area contributed by atoms with Crippen LogP contribution in [0.1, 0.15) is 22.6 Å². The van der Waals surface area contributed by atoms with E-state index < -0.39 is 6.09 Å². The highest BCUT2D eigenvalue weighted by Crippen LogP contribution is 2.35. The standard InChI is InChI=1S/C22H26N2O3S/c1-23-12-17-9-18(27-14-15-10-24(11-15)22(25)26)5-8-20(17)21(13-23)16-3-6-19(28-2)7-4-16/h3-9,15,21H,10-14H2,1-2H3,(H,25,26). The van der Waals surface area contributed by atoms with Gasteiger partial charge in [0.25, 0.3) is 0 Å². The number of likely N-dealkylation sites (N-methyl/N-ethyl adjacent to an activating group) is 1. The Morgan fingerprint density at radius 3 is 2.61 bits per heavy atom. The van der Waals surface area contributed by atoms with Crippen LogP contribution in [-0.2, 0) is 6.54 Å². The van der Waals surface area contributed by atoms with Crippen molar-refractivity contribution in [2.45, 2.75) is 17.4 Å². The Hall–Kier alpha value is -2.18. The van der Waals surface area contributed by atoms with Crippen molar-refractivity contribution in [2.24, 2.45) is 5.92 Å². The number of likely N-dealkylation sites (tertiary alicyclic amines) is 1. The lowest BCUT2D eigenvalue weighted by Gasteiger charge is -2.37. The van der Waals surface area contributed by atoms with Crippen molar-refractivity contribution in [3.8, 4) is 5.75 Å². The highest BCUT2D eigenvalue weighted by molar-refractivity contribution is 7.98. The van der Waals surface area contributed by atoms with Gasteiger partial charge in [-0.1, -0.05) is 18.2 Å². The first-order valence-electron chi connectivity index (χ1n) is 9.59. The van der Waals surface area contributed by atoms with E-state index in [2.05, 4.69) is 60.7 Å². The summed E-state index contributed by atoms with van der Waals surface area (Å²) in [6.07, 6.45) is 1.26.